The van der Waals surface area contributed by atoms with Crippen LogP contribution in [0.2, 0.25) is 0 Å². The number of nitrogens with zero attached hydrogens (tertiary/aromatic N) is 1. The molecule has 1 aromatic rings. The first-order valence-corrected chi connectivity index (χ1v) is 6.91. The first-order chi connectivity index (χ1) is 8.74. The van der Waals surface area contributed by atoms with Gasteiger partial charge in [-0.2, -0.15) is 0 Å². The van der Waals surface area contributed by atoms with Crippen molar-refractivity contribution in [3.05, 3.63) is 28.2 Å². The molecular weight excluding hydrogens is 328 g/mol. The van der Waals surface area contributed by atoms with Gasteiger partial charge in [0.15, 0.2) is 0 Å². The van der Waals surface area contributed by atoms with Crippen molar-refractivity contribution < 1.29 is 9.59 Å². The Hall–Kier alpha value is -1.27. The van der Waals surface area contributed by atoms with E-state index in [9.17, 15) is 9.59 Å². The SMILES string of the molecule is CC1(C)CC(=O)N(c2ccc(Br)cc2C(N)=S)C1=O. The molecule has 0 saturated carbocycles. The van der Waals surface area contributed by atoms with Crippen LogP contribution in [0.15, 0.2) is 22.7 Å². The Balaban J connectivity index is 2.57. The number of thiocarbonyl (C=S) groups is 1. The van der Waals surface area contributed by atoms with Crippen molar-refractivity contribution >= 4 is 50.6 Å². The quantitative estimate of drug-likeness (QED) is 0.663. The van der Waals surface area contributed by atoms with Crippen LogP contribution in [0, 0.1) is 5.41 Å². The minimum atomic E-state index is -0.683. The number of hydrogen-bond acceptors (Lipinski definition) is 3. The van der Waals surface area contributed by atoms with E-state index in [4.69, 9.17) is 18.0 Å². The summed E-state index contributed by atoms with van der Waals surface area (Å²) >= 11 is 8.31. The number of carbonyl (C=O) groups is 2. The van der Waals surface area contributed by atoms with Crippen LogP contribution in [0.1, 0.15) is 25.8 Å². The fraction of sp³-hybridized carbons (Fsp3) is 0.308. The second-order valence-electron chi connectivity index (χ2n) is 5.12. The zero-order valence-electron chi connectivity index (χ0n) is 10.6. The molecule has 2 N–H and O–H groups in total. The monoisotopic (exact) mass is 340 g/mol. The maximum atomic E-state index is 12.3. The summed E-state index contributed by atoms with van der Waals surface area (Å²) in [5.74, 6) is -0.452. The normalized spacial score (nSPS) is 17.9. The Morgan fingerprint density at radius 3 is 2.53 bits per heavy atom. The Bertz CT molecular complexity index is 598. The summed E-state index contributed by atoms with van der Waals surface area (Å²) in [7, 11) is 0. The van der Waals surface area contributed by atoms with Gasteiger partial charge in [-0.3, -0.25) is 9.59 Å². The molecule has 2 rings (SSSR count). The largest absolute Gasteiger partial charge is 0.389 e. The number of anilines is 1. The zero-order chi connectivity index (χ0) is 14.4. The molecule has 1 aromatic carbocycles. The van der Waals surface area contributed by atoms with Crippen molar-refractivity contribution in [2.45, 2.75) is 20.3 Å². The fourth-order valence-corrected chi connectivity index (χ4v) is 2.62. The highest BCUT2D eigenvalue weighted by molar-refractivity contribution is 9.10. The van der Waals surface area contributed by atoms with E-state index in [0.29, 0.717) is 11.3 Å². The van der Waals surface area contributed by atoms with E-state index < -0.39 is 5.41 Å². The molecule has 0 aliphatic carbocycles. The maximum absolute atomic E-state index is 12.3. The topological polar surface area (TPSA) is 63.4 Å². The molecule has 1 saturated heterocycles. The maximum Gasteiger partial charge on any atom is 0.239 e. The summed E-state index contributed by atoms with van der Waals surface area (Å²) in [5.41, 5.74) is 5.96. The van der Waals surface area contributed by atoms with Crippen LogP contribution in [-0.4, -0.2) is 16.8 Å². The Morgan fingerprint density at radius 1 is 1.42 bits per heavy atom. The molecule has 0 spiro atoms. The summed E-state index contributed by atoms with van der Waals surface area (Å²) in [4.78, 5) is 25.7. The second-order valence-corrected chi connectivity index (χ2v) is 6.48. The predicted molar refractivity (Wildman–Crippen MR) is 80.9 cm³/mol. The molecule has 1 heterocycles. The lowest BCUT2D eigenvalue weighted by Gasteiger charge is -2.20. The molecule has 100 valence electrons. The van der Waals surface area contributed by atoms with Crippen molar-refractivity contribution in [3.8, 4) is 0 Å². The number of carbonyl (C=O) groups excluding carboxylic acids is 2. The number of halogens is 1. The predicted octanol–water partition coefficient (Wildman–Crippen LogP) is 2.37. The van der Waals surface area contributed by atoms with Gasteiger partial charge in [0.1, 0.15) is 4.99 Å². The number of rotatable bonds is 2. The van der Waals surface area contributed by atoms with E-state index in [0.717, 1.165) is 4.47 Å². The first-order valence-electron chi connectivity index (χ1n) is 5.71. The molecule has 2 amide bonds. The van der Waals surface area contributed by atoms with Crippen molar-refractivity contribution in [2.24, 2.45) is 11.1 Å². The van der Waals surface area contributed by atoms with Crippen LogP contribution in [0.25, 0.3) is 0 Å². The first kappa shape index (κ1) is 14.1. The summed E-state index contributed by atoms with van der Waals surface area (Å²) in [6, 6.07) is 5.14. The molecule has 0 aromatic heterocycles. The van der Waals surface area contributed by atoms with Crippen molar-refractivity contribution in [3.63, 3.8) is 0 Å². The lowest BCUT2D eigenvalue weighted by atomic mass is 9.92. The molecule has 4 nitrogen and oxygen atoms in total. The van der Waals surface area contributed by atoms with E-state index in [1.54, 1.807) is 32.0 Å². The smallest absolute Gasteiger partial charge is 0.239 e. The number of amides is 2. The third-order valence-electron chi connectivity index (χ3n) is 3.09. The Morgan fingerprint density at radius 2 is 2.05 bits per heavy atom. The van der Waals surface area contributed by atoms with Crippen LogP contribution >= 0.6 is 28.1 Å². The molecule has 0 radical (unpaired) electrons. The average molecular weight is 341 g/mol. The fourth-order valence-electron chi connectivity index (χ4n) is 2.09. The molecule has 0 atom stereocenters. The van der Waals surface area contributed by atoms with Gasteiger partial charge in [0.25, 0.3) is 0 Å². The van der Waals surface area contributed by atoms with Gasteiger partial charge in [-0.05, 0) is 18.2 Å². The van der Waals surface area contributed by atoms with Gasteiger partial charge in [-0.1, -0.05) is 42.0 Å². The van der Waals surface area contributed by atoms with Crippen LogP contribution in [0.3, 0.4) is 0 Å². The molecule has 1 aliphatic rings. The third kappa shape index (κ3) is 2.42. The van der Waals surface area contributed by atoms with E-state index in [1.165, 1.54) is 4.90 Å². The summed E-state index contributed by atoms with van der Waals surface area (Å²) in [6.07, 6.45) is 0.193. The van der Waals surface area contributed by atoms with E-state index in [2.05, 4.69) is 15.9 Å². The summed E-state index contributed by atoms with van der Waals surface area (Å²) < 4.78 is 0.789. The van der Waals surface area contributed by atoms with E-state index >= 15 is 0 Å². The third-order valence-corrected chi connectivity index (χ3v) is 3.80. The van der Waals surface area contributed by atoms with Crippen LogP contribution in [-0.2, 0) is 9.59 Å². The van der Waals surface area contributed by atoms with E-state index in [-0.39, 0.29) is 23.2 Å². The molecule has 19 heavy (non-hydrogen) atoms. The average Bonchev–Trinajstić information content (AvgIpc) is 2.49. The van der Waals surface area contributed by atoms with E-state index in [1.807, 2.05) is 0 Å². The van der Waals surface area contributed by atoms with Crippen molar-refractivity contribution in [2.75, 3.05) is 4.90 Å². The highest BCUT2D eigenvalue weighted by Crippen LogP contribution is 2.37. The lowest BCUT2D eigenvalue weighted by Crippen LogP contribution is -2.34. The zero-order valence-corrected chi connectivity index (χ0v) is 13.0. The van der Waals surface area contributed by atoms with Gasteiger partial charge >= 0.3 is 0 Å². The van der Waals surface area contributed by atoms with Crippen molar-refractivity contribution in [1.82, 2.24) is 0 Å². The molecule has 6 heteroatoms. The van der Waals surface area contributed by atoms with Gasteiger partial charge in [-0.25, -0.2) is 4.90 Å². The minimum Gasteiger partial charge on any atom is -0.389 e. The molecule has 1 fully saturated rings. The minimum absolute atomic E-state index is 0.154. The molecule has 0 unspecified atom stereocenters. The molecular formula is C13H13BrN2O2S. The van der Waals surface area contributed by atoms with Gasteiger partial charge in [0.05, 0.1) is 11.1 Å². The number of nitrogens with two attached hydrogens (primary N) is 1. The standard InChI is InChI=1S/C13H13BrN2O2S/c1-13(2)6-10(17)16(12(13)18)9-4-3-7(14)5-8(9)11(15)19/h3-5H,6H2,1-2H3,(H2,15,19). The highest BCUT2D eigenvalue weighted by Gasteiger charge is 2.46. The van der Waals surface area contributed by atoms with Crippen LogP contribution in [0.4, 0.5) is 5.69 Å². The Labute approximate surface area is 125 Å². The van der Waals surface area contributed by atoms with Gasteiger partial charge in [0.2, 0.25) is 11.8 Å². The Kier molecular flexibility index (Phi) is 3.49. The lowest BCUT2D eigenvalue weighted by molar-refractivity contribution is -0.124. The van der Waals surface area contributed by atoms with Gasteiger partial charge in [-0.15, -0.1) is 0 Å². The van der Waals surface area contributed by atoms with Gasteiger partial charge < -0.3 is 5.73 Å². The summed E-state index contributed by atoms with van der Waals surface area (Å²) in [5, 5.41) is 0. The van der Waals surface area contributed by atoms with Crippen LogP contribution in [0.5, 0.6) is 0 Å². The number of benzene rings is 1. The second kappa shape index (κ2) is 4.68. The number of imide groups is 1. The van der Waals surface area contributed by atoms with Crippen LogP contribution < -0.4 is 10.6 Å². The number of hydrogen-bond donors (Lipinski definition) is 1. The summed E-state index contributed by atoms with van der Waals surface area (Å²) in [6.45, 7) is 3.51. The van der Waals surface area contributed by atoms with Gasteiger partial charge in [0, 0.05) is 16.5 Å². The molecule has 0 bridgehead atoms. The van der Waals surface area contributed by atoms with Crippen molar-refractivity contribution in [1.29, 1.82) is 0 Å². The highest BCUT2D eigenvalue weighted by atomic mass is 79.9. The molecule has 1 aliphatic heterocycles.